The highest BCUT2D eigenvalue weighted by molar-refractivity contribution is 7.99. The molecule has 39 heavy (non-hydrogen) atoms. The zero-order valence-corrected chi connectivity index (χ0v) is 25.9. The number of piperidine rings is 3. The number of benzene rings is 1. The van der Waals surface area contributed by atoms with E-state index >= 15 is 0 Å². The molecule has 0 spiro atoms. The molecule has 3 aliphatic rings. The predicted octanol–water partition coefficient (Wildman–Crippen LogP) is 6.09. The number of thioether (sulfide) groups is 1. The summed E-state index contributed by atoms with van der Waals surface area (Å²) in [5.41, 5.74) is 2.85. The first-order chi connectivity index (χ1) is 18.8. The van der Waals surface area contributed by atoms with E-state index in [9.17, 15) is 4.79 Å². The van der Waals surface area contributed by atoms with Crippen molar-refractivity contribution in [2.45, 2.75) is 63.5 Å². The third kappa shape index (κ3) is 6.92. The van der Waals surface area contributed by atoms with Gasteiger partial charge in [0.2, 0.25) is 0 Å². The van der Waals surface area contributed by atoms with Gasteiger partial charge in [0.05, 0.1) is 11.6 Å². The molecule has 2 aromatic heterocycles. The second-order valence-electron chi connectivity index (χ2n) is 12.7. The van der Waals surface area contributed by atoms with Gasteiger partial charge in [0.1, 0.15) is 7.05 Å². The van der Waals surface area contributed by atoms with Gasteiger partial charge in [0, 0.05) is 44.4 Å². The number of pyridine rings is 2. The highest BCUT2D eigenvalue weighted by Gasteiger charge is 2.44. The van der Waals surface area contributed by atoms with Crippen molar-refractivity contribution in [3.05, 3.63) is 72.2 Å². The quantitative estimate of drug-likeness (QED) is 0.175. The van der Waals surface area contributed by atoms with Crippen LogP contribution in [0.25, 0.3) is 10.9 Å². The molecule has 5 nitrogen and oxygen atoms in total. The Balaban J connectivity index is 1.31. The first kappa shape index (κ1) is 28.3. The largest absolute Gasteiger partial charge is 0.338 e. The fraction of sp³-hybridized carbons (Fsp3) is 0.531. The van der Waals surface area contributed by atoms with Gasteiger partial charge in [-0.3, -0.25) is 14.7 Å². The lowest BCUT2D eigenvalue weighted by Gasteiger charge is -2.52. The Morgan fingerprint density at radius 2 is 1.97 bits per heavy atom. The van der Waals surface area contributed by atoms with Gasteiger partial charge in [-0.2, -0.15) is 16.3 Å². The van der Waals surface area contributed by atoms with E-state index in [1.165, 1.54) is 42.4 Å². The summed E-state index contributed by atoms with van der Waals surface area (Å²) in [6.45, 7) is 9.71. The van der Waals surface area contributed by atoms with Crippen LogP contribution in [0.5, 0.6) is 0 Å². The number of hydrogen-bond donors (Lipinski definition) is 1. The molecule has 3 aromatic rings. The molecule has 5 heterocycles. The second kappa shape index (κ2) is 12.5. The average molecular weight is 562 g/mol. The number of aromatic nitrogens is 2. The Hall–Kier alpha value is -2.22. The van der Waals surface area contributed by atoms with Crippen LogP contribution in [0.15, 0.2) is 60.9 Å². The predicted molar refractivity (Wildman–Crippen MR) is 166 cm³/mol. The summed E-state index contributed by atoms with van der Waals surface area (Å²) in [5.74, 6) is 4.09. The van der Waals surface area contributed by atoms with Crippen molar-refractivity contribution in [3.8, 4) is 0 Å². The maximum absolute atomic E-state index is 13.6. The standard InChI is InChI=1S/C32H44N4OSSi/c1-35-17-8-7-12-29(35)32(37)34-31(27-13-16-33-28-11-6-5-10-26(27)28)30-22-24-14-18-36(30)23-25(24)15-20-38-19-9-21-39(2,3)4/h5-8,10-13,16-17,24-25,30-31H,9,14-15,18-23H2,1-4H3/p+1/t24?,25?,30-,31-/m0/s1. The van der Waals surface area contributed by atoms with Crippen LogP contribution in [0, 0.1) is 11.8 Å². The molecule has 0 aliphatic carbocycles. The highest BCUT2D eigenvalue weighted by atomic mass is 32.2. The Labute approximate surface area is 239 Å². The van der Waals surface area contributed by atoms with Crippen molar-refractivity contribution >= 4 is 36.6 Å². The molecule has 1 aromatic carbocycles. The number of nitrogens with one attached hydrogen (secondary N) is 1. The Morgan fingerprint density at radius 1 is 1.15 bits per heavy atom. The number of aryl methyl sites for hydroxylation is 1. The van der Waals surface area contributed by atoms with Crippen LogP contribution in [0.2, 0.25) is 25.7 Å². The van der Waals surface area contributed by atoms with E-state index in [0.29, 0.717) is 11.7 Å². The summed E-state index contributed by atoms with van der Waals surface area (Å²) in [4.78, 5) is 20.9. The SMILES string of the molecule is C[n+]1ccccc1C(=O)N[C@@H](c1ccnc2ccccc12)[C@@H]1CC2CCN1CC2CCSCCC[Si](C)(C)C. The molecule has 2 bridgehead atoms. The van der Waals surface area contributed by atoms with Gasteiger partial charge in [0.25, 0.3) is 5.69 Å². The van der Waals surface area contributed by atoms with Crippen LogP contribution >= 0.6 is 11.8 Å². The molecule has 1 amide bonds. The van der Waals surface area contributed by atoms with E-state index in [-0.39, 0.29) is 11.9 Å². The van der Waals surface area contributed by atoms with E-state index in [4.69, 9.17) is 0 Å². The number of rotatable bonds is 11. The summed E-state index contributed by atoms with van der Waals surface area (Å²) in [6.07, 6.45) is 8.97. The molecule has 1 N–H and O–H groups in total. The lowest BCUT2D eigenvalue weighted by atomic mass is 9.72. The number of amides is 1. The van der Waals surface area contributed by atoms with Gasteiger partial charge < -0.3 is 5.32 Å². The third-order valence-corrected chi connectivity index (χ3v) is 11.7. The molecule has 3 fully saturated rings. The van der Waals surface area contributed by atoms with E-state index < -0.39 is 8.07 Å². The number of carbonyl (C=O) groups excluding carboxylic acids is 1. The van der Waals surface area contributed by atoms with Gasteiger partial charge >= 0.3 is 5.91 Å². The topological polar surface area (TPSA) is 49.1 Å². The minimum Gasteiger partial charge on any atom is -0.338 e. The summed E-state index contributed by atoms with van der Waals surface area (Å²) in [5, 5.41) is 4.64. The second-order valence-corrected chi connectivity index (χ2v) is 19.6. The average Bonchev–Trinajstić information content (AvgIpc) is 2.93. The first-order valence-corrected chi connectivity index (χ1v) is 19.6. The van der Waals surface area contributed by atoms with Crippen LogP contribution in [0.1, 0.15) is 47.8 Å². The summed E-state index contributed by atoms with van der Waals surface area (Å²) < 4.78 is 1.90. The molecular weight excluding hydrogens is 517 g/mol. The van der Waals surface area contributed by atoms with Gasteiger partial charge in [-0.15, -0.1) is 0 Å². The molecule has 6 rings (SSSR count). The number of nitrogens with zero attached hydrogens (tertiary/aromatic N) is 3. The van der Waals surface area contributed by atoms with Gasteiger partial charge in [-0.1, -0.05) is 43.9 Å². The molecule has 5 atom stereocenters. The lowest BCUT2D eigenvalue weighted by molar-refractivity contribution is -0.673. The van der Waals surface area contributed by atoms with E-state index in [1.54, 1.807) is 0 Å². The molecule has 3 aliphatic heterocycles. The Bertz CT molecular complexity index is 1270. The number of hydrogen-bond acceptors (Lipinski definition) is 4. The molecule has 3 saturated heterocycles. The van der Waals surface area contributed by atoms with Crippen LogP contribution in [0.3, 0.4) is 0 Å². The molecule has 0 radical (unpaired) electrons. The summed E-state index contributed by atoms with van der Waals surface area (Å²) in [6, 6.07) is 17.9. The van der Waals surface area contributed by atoms with Crippen molar-refractivity contribution < 1.29 is 9.36 Å². The smallest absolute Gasteiger partial charge is 0.316 e. The van der Waals surface area contributed by atoms with Crippen molar-refractivity contribution in [2.75, 3.05) is 24.6 Å². The van der Waals surface area contributed by atoms with Gasteiger partial charge in [0.15, 0.2) is 6.20 Å². The molecule has 3 unspecified atom stereocenters. The normalized spacial score (nSPS) is 23.6. The third-order valence-electron chi connectivity index (χ3n) is 8.76. The van der Waals surface area contributed by atoms with Crippen LogP contribution in [0.4, 0.5) is 0 Å². The van der Waals surface area contributed by atoms with Crippen molar-refractivity contribution in [3.63, 3.8) is 0 Å². The van der Waals surface area contributed by atoms with E-state index in [2.05, 4.69) is 70.9 Å². The monoisotopic (exact) mass is 561 g/mol. The van der Waals surface area contributed by atoms with Crippen molar-refractivity contribution in [1.82, 2.24) is 15.2 Å². The number of fused-ring (bicyclic) bond motifs is 4. The number of carbonyl (C=O) groups is 1. The Kier molecular flexibility index (Phi) is 9.09. The summed E-state index contributed by atoms with van der Waals surface area (Å²) in [7, 11) is 1.02. The minimum atomic E-state index is -0.916. The fourth-order valence-electron chi connectivity index (χ4n) is 6.64. The highest BCUT2D eigenvalue weighted by Crippen LogP contribution is 2.43. The molecule has 0 saturated carbocycles. The molecular formula is C32H45N4OSSi+. The maximum atomic E-state index is 13.6. The Morgan fingerprint density at radius 3 is 2.74 bits per heavy atom. The van der Waals surface area contributed by atoms with Gasteiger partial charge in [-0.05, 0) is 79.3 Å². The van der Waals surface area contributed by atoms with E-state index in [0.717, 1.165) is 42.2 Å². The van der Waals surface area contributed by atoms with Crippen LogP contribution in [-0.4, -0.2) is 54.5 Å². The maximum Gasteiger partial charge on any atom is 0.316 e. The zero-order valence-electron chi connectivity index (χ0n) is 24.1. The fourth-order valence-corrected chi connectivity index (χ4v) is 9.16. The first-order valence-electron chi connectivity index (χ1n) is 14.7. The lowest BCUT2D eigenvalue weighted by Crippen LogP contribution is -2.58. The summed E-state index contributed by atoms with van der Waals surface area (Å²) >= 11 is 2.17. The molecule has 208 valence electrons. The van der Waals surface area contributed by atoms with Gasteiger partial charge in [-0.25, -0.2) is 0 Å². The molecule has 7 heteroatoms. The zero-order chi connectivity index (χ0) is 27.4. The number of para-hydroxylation sites is 1. The van der Waals surface area contributed by atoms with Crippen molar-refractivity contribution in [1.29, 1.82) is 0 Å². The van der Waals surface area contributed by atoms with E-state index in [1.807, 2.05) is 48.3 Å². The van der Waals surface area contributed by atoms with Crippen LogP contribution in [-0.2, 0) is 7.05 Å². The van der Waals surface area contributed by atoms with Crippen LogP contribution < -0.4 is 9.88 Å². The van der Waals surface area contributed by atoms with Crippen molar-refractivity contribution in [2.24, 2.45) is 18.9 Å². The minimum absolute atomic E-state index is 0.0158.